The summed E-state index contributed by atoms with van der Waals surface area (Å²) in [6.45, 7) is 0.907. The molecule has 3 unspecified atom stereocenters. The number of ketones is 1. The summed E-state index contributed by atoms with van der Waals surface area (Å²) in [4.78, 5) is 53.1. The van der Waals surface area contributed by atoms with E-state index in [-0.39, 0.29) is 41.1 Å². The molecule has 3 atom stereocenters. The number of halogens is 1. The number of likely N-dealkylation sites (tertiary alicyclic amines) is 1. The van der Waals surface area contributed by atoms with Gasteiger partial charge in [0.05, 0.1) is 17.8 Å². The maximum atomic E-state index is 12.9. The Morgan fingerprint density at radius 3 is 2.59 bits per heavy atom. The van der Waals surface area contributed by atoms with Crippen LogP contribution in [0.2, 0.25) is 5.02 Å². The van der Waals surface area contributed by atoms with E-state index >= 15 is 0 Å². The average molecular weight is 436 g/mol. The van der Waals surface area contributed by atoms with Crippen molar-refractivity contribution in [1.29, 1.82) is 0 Å². The highest BCUT2D eigenvalue weighted by molar-refractivity contribution is 8.15. The van der Waals surface area contributed by atoms with Gasteiger partial charge in [0.15, 0.2) is 5.78 Å². The normalized spacial score (nSPS) is 28.2. The van der Waals surface area contributed by atoms with Crippen molar-refractivity contribution in [3.8, 4) is 0 Å². The second-order valence-electron chi connectivity index (χ2n) is 7.62. The van der Waals surface area contributed by atoms with E-state index in [9.17, 15) is 19.2 Å². The molecule has 4 rings (SSSR count). The minimum absolute atomic E-state index is 0.0916. The Balaban J connectivity index is 1.43. The van der Waals surface area contributed by atoms with Gasteiger partial charge in [0.2, 0.25) is 16.9 Å². The van der Waals surface area contributed by atoms with E-state index in [1.54, 1.807) is 29.2 Å². The minimum atomic E-state index is -0.763. The van der Waals surface area contributed by atoms with Crippen molar-refractivity contribution < 1.29 is 19.2 Å². The van der Waals surface area contributed by atoms with Gasteiger partial charge < -0.3 is 10.2 Å². The van der Waals surface area contributed by atoms with Crippen LogP contribution in [0.1, 0.15) is 25.7 Å². The van der Waals surface area contributed by atoms with E-state index in [1.807, 2.05) is 4.90 Å². The third-order valence-electron chi connectivity index (χ3n) is 5.70. The maximum Gasteiger partial charge on any atom is 0.227 e. The van der Waals surface area contributed by atoms with Gasteiger partial charge in [-0.05, 0) is 43.5 Å². The number of nitrogens with zero attached hydrogens (tertiary/aromatic N) is 2. The number of carbonyl (C=O) groups excluding carboxylic acids is 4. The molecule has 0 aromatic heterocycles. The van der Waals surface area contributed by atoms with E-state index in [1.165, 1.54) is 0 Å². The third-order valence-corrected chi connectivity index (χ3v) is 6.89. The van der Waals surface area contributed by atoms with Crippen LogP contribution < -0.4 is 10.2 Å². The van der Waals surface area contributed by atoms with Gasteiger partial charge in [-0.1, -0.05) is 23.4 Å². The molecule has 3 fully saturated rings. The van der Waals surface area contributed by atoms with Crippen LogP contribution in [-0.4, -0.2) is 58.7 Å². The monoisotopic (exact) mass is 435 g/mol. The van der Waals surface area contributed by atoms with Gasteiger partial charge in [0, 0.05) is 30.2 Å². The van der Waals surface area contributed by atoms with Gasteiger partial charge in [-0.25, -0.2) is 0 Å². The Labute approximate surface area is 178 Å². The summed E-state index contributed by atoms with van der Waals surface area (Å²) in [5, 5.41) is 3.45. The number of Topliss-reactive ketones (excluding diaryl/α,β-unsaturated/α-hetero) is 1. The van der Waals surface area contributed by atoms with E-state index in [2.05, 4.69) is 5.32 Å². The molecule has 3 aliphatic heterocycles. The van der Waals surface area contributed by atoms with Crippen molar-refractivity contribution >= 4 is 51.8 Å². The largest absolute Gasteiger partial charge is 0.340 e. The Morgan fingerprint density at radius 2 is 1.90 bits per heavy atom. The lowest BCUT2D eigenvalue weighted by Crippen LogP contribution is -2.58. The first kappa shape index (κ1) is 20.4. The molecule has 29 heavy (non-hydrogen) atoms. The summed E-state index contributed by atoms with van der Waals surface area (Å²) < 4.78 is 0. The molecule has 0 bridgehead atoms. The Kier molecular flexibility index (Phi) is 5.94. The Hall–Kier alpha value is -1.90. The molecular formula is C20H22ClN3O4S. The highest BCUT2D eigenvalue weighted by atomic mass is 35.5. The van der Waals surface area contributed by atoms with Gasteiger partial charge in [0.25, 0.3) is 0 Å². The molecule has 7 nitrogen and oxygen atoms in total. The van der Waals surface area contributed by atoms with Crippen molar-refractivity contribution in [1.82, 2.24) is 10.2 Å². The molecule has 3 aliphatic rings. The molecule has 0 saturated carbocycles. The number of amides is 2. The lowest BCUT2D eigenvalue weighted by molar-refractivity contribution is -0.134. The van der Waals surface area contributed by atoms with Gasteiger partial charge in [-0.15, -0.1) is 0 Å². The lowest BCUT2D eigenvalue weighted by Gasteiger charge is -2.38. The van der Waals surface area contributed by atoms with Crippen LogP contribution in [0, 0.1) is 5.92 Å². The summed E-state index contributed by atoms with van der Waals surface area (Å²) in [5.74, 6) is -0.673. The van der Waals surface area contributed by atoms with Gasteiger partial charge in [-0.3, -0.25) is 24.1 Å². The topological polar surface area (TPSA) is 86.8 Å². The van der Waals surface area contributed by atoms with E-state index in [0.717, 1.165) is 24.6 Å². The second-order valence-corrected chi connectivity index (χ2v) is 9.03. The van der Waals surface area contributed by atoms with Crippen molar-refractivity contribution in [2.75, 3.05) is 23.7 Å². The summed E-state index contributed by atoms with van der Waals surface area (Å²) in [5.41, 5.74) is 0.716. The number of rotatable bonds is 4. The molecule has 1 aromatic carbocycles. The Morgan fingerprint density at radius 1 is 1.14 bits per heavy atom. The zero-order valence-corrected chi connectivity index (χ0v) is 17.4. The van der Waals surface area contributed by atoms with Crippen LogP contribution in [-0.2, 0) is 19.2 Å². The van der Waals surface area contributed by atoms with Crippen LogP contribution in [0.15, 0.2) is 24.3 Å². The van der Waals surface area contributed by atoms with Crippen LogP contribution in [0.4, 0.5) is 5.69 Å². The van der Waals surface area contributed by atoms with E-state index in [4.69, 9.17) is 11.6 Å². The van der Waals surface area contributed by atoms with Gasteiger partial charge in [-0.2, -0.15) is 0 Å². The summed E-state index contributed by atoms with van der Waals surface area (Å²) in [6.07, 6.45) is 2.28. The highest BCUT2D eigenvalue weighted by Gasteiger charge is 2.43. The fraction of sp³-hybridized carbons (Fsp3) is 0.500. The van der Waals surface area contributed by atoms with Crippen molar-refractivity contribution in [3.63, 3.8) is 0 Å². The molecular weight excluding hydrogens is 414 g/mol. The molecule has 3 heterocycles. The number of benzene rings is 1. The van der Waals surface area contributed by atoms with Crippen LogP contribution >= 0.6 is 23.4 Å². The minimum Gasteiger partial charge on any atom is -0.340 e. The second kappa shape index (κ2) is 8.45. The SMILES string of the molecule is O=C(NC1CCCCN1C1C(=O)CSC1=O)C1CC(=O)N(c2ccc(Cl)cc2)C1. The number of thioether (sulfide) groups is 1. The molecule has 9 heteroatoms. The molecule has 154 valence electrons. The first-order chi connectivity index (χ1) is 13.9. The molecule has 3 saturated heterocycles. The van der Waals surface area contributed by atoms with Gasteiger partial charge in [0.1, 0.15) is 6.04 Å². The lowest BCUT2D eigenvalue weighted by atomic mass is 10.0. The first-order valence-electron chi connectivity index (χ1n) is 9.75. The zero-order chi connectivity index (χ0) is 20.5. The third kappa shape index (κ3) is 4.20. The summed E-state index contributed by atoms with van der Waals surface area (Å²) >= 11 is 6.96. The number of hydrogen-bond acceptors (Lipinski definition) is 6. The van der Waals surface area contributed by atoms with E-state index < -0.39 is 12.0 Å². The van der Waals surface area contributed by atoms with Crippen molar-refractivity contribution in [2.24, 2.45) is 5.92 Å². The number of anilines is 1. The number of nitrogens with one attached hydrogen (secondary N) is 1. The van der Waals surface area contributed by atoms with Crippen LogP contribution in [0.5, 0.6) is 0 Å². The molecule has 1 N–H and O–H groups in total. The van der Waals surface area contributed by atoms with Gasteiger partial charge >= 0.3 is 0 Å². The number of carbonyl (C=O) groups is 4. The molecule has 0 spiro atoms. The molecule has 0 aliphatic carbocycles. The van der Waals surface area contributed by atoms with E-state index in [0.29, 0.717) is 30.2 Å². The fourth-order valence-electron chi connectivity index (χ4n) is 4.21. The fourth-order valence-corrected chi connectivity index (χ4v) is 5.20. The average Bonchev–Trinajstić information content (AvgIpc) is 3.25. The smallest absolute Gasteiger partial charge is 0.227 e. The first-order valence-corrected chi connectivity index (χ1v) is 11.1. The van der Waals surface area contributed by atoms with Crippen molar-refractivity contribution in [2.45, 2.75) is 37.9 Å². The maximum absolute atomic E-state index is 12.9. The predicted octanol–water partition coefficient (Wildman–Crippen LogP) is 1.83. The summed E-state index contributed by atoms with van der Waals surface area (Å²) in [6, 6.07) is 6.19. The summed E-state index contributed by atoms with van der Waals surface area (Å²) in [7, 11) is 0. The van der Waals surface area contributed by atoms with Crippen LogP contribution in [0.3, 0.4) is 0 Å². The predicted molar refractivity (Wildman–Crippen MR) is 111 cm³/mol. The highest BCUT2D eigenvalue weighted by Crippen LogP contribution is 2.29. The molecule has 1 aromatic rings. The standard InChI is InChI=1S/C20H22ClN3O4S/c21-13-4-6-14(7-5-13)24-10-12(9-17(24)26)19(27)22-16-3-1-2-8-23(16)18-15(25)11-29-20(18)28/h4-7,12,16,18H,1-3,8-11H2,(H,22,27). The zero-order valence-electron chi connectivity index (χ0n) is 15.8. The Bertz CT molecular complexity index is 831. The van der Waals surface area contributed by atoms with Crippen LogP contribution in [0.25, 0.3) is 0 Å². The number of piperidine rings is 1. The molecule has 2 amide bonds. The number of hydrogen-bond donors (Lipinski definition) is 1. The quantitative estimate of drug-likeness (QED) is 0.726. The van der Waals surface area contributed by atoms with Crippen molar-refractivity contribution in [3.05, 3.63) is 29.3 Å². The molecule has 0 radical (unpaired) electrons.